The Morgan fingerprint density at radius 3 is 2.77 bits per heavy atom. The molecule has 1 aromatic heterocycles. The Kier molecular flexibility index (Phi) is 6.64. The maximum absolute atomic E-state index is 12.5. The van der Waals surface area contributed by atoms with Gasteiger partial charge >= 0.3 is 0 Å². The van der Waals surface area contributed by atoms with Gasteiger partial charge < -0.3 is 5.32 Å². The average molecular weight is 373 g/mol. The molecule has 1 unspecified atom stereocenters. The second-order valence-electron chi connectivity index (χ2n) is 7.06. The number of hydrogen-bond acceptors (Lipinski definition) is 4. The zero-order valence-corrected chi connectivity index (χ0v) is 17.1. The first kappa shape index (κ1) is 20.2. The predicted octanol–water partition coefficient (Wildman–Crippen LogP) is 4.22. The van der Waals surface area contributed by atoms with Crippen molar-refractivity contribution in [2.75, 3.05) is 0 Å². The molecule has 0 aliphatic carbocycles. The van der Waals surface area contributed by atoms with Gasteiger partial charge in [0.15, 0.2) is 11.0 Å². The van der Waals surface area contributed by atoms with E-state index in [4.69, 9.17) is 0 Å². The number of allylic oxidation sites excluding steroid dienone is 1. The summed E-state index contributed by atoms with van der Waals surface area (Å²) in [6.07, 6.45) is 2.69. The van der Waals surface area contributed by atoms with Gasteiger partial charge in [-0.05, 0) is 40.2 Å². The van der Waals surface area contributed by atoms with Crippen LogP contribution >= 0.6 is 11.8 Å². The summed E-state index contributed by atoms with van der Waals surface area (Å²) in [5.74, 6) is 0.796. The molecule has 26 heavy (non-hydrogen) atoms. The second-order valence-corrected chi connectivity index (χ2v) is 8.37. The number of thioether (sulfide) groups is 1. The number of amides is 1. The van der Waals surface area contributed by atoms with E-state index in [2.05, 4.69) is 48.1 Å². The Morgan fingerprint density at radius 2 is 2.15 bits per heavy atom. The van der Waals surface area contributed by atoms with Crippen molar-refractivity contribution in [1.29, 1.82) is 0 Å². The summed E-state index contributed by atoms with van der Waals surface area (Å²) in [4.78, 5) is 12.5. The molecular weight excluding hydrogens is 344 g/mol. The van der Waals surface area contributed by atoms with Crippen molar-refractivity contribution in [1.82, 2.24) is 20.1 Å². The number of hydrogen-bond donors (Lipinski definition) is 1. The zero-order chi connectivity index (χ0) is 19.3. The predicted molar refractivity (Wildman–Crippen MR) is 108 cm³/mol. The van der Waals surface area contributed by atoms with Crippen molar-refractivity contribution in [2.24, 2.45) is 0 Å². The maximum atomic E-state index is 12.5. The highest BCUT2D eigenvalue weighted by atomic mass is 32.2. The molecule has 0 fully saturated rings. The maximum Gasteiger partial charge on any atom is 0.233 e. The Bertz CT molecular complexity index is 782. The lowest BCUT2D eigenvalue weighted by Gasteiger charge is -2.26. The highest BCUT2D eigenvalue weighted by Gasteiger charge is 2.24. The summed E-state index contributed by atoms with van der Waals surface area (Å²) in [5, 5.41) is 12.2. The van der Waals surface area contributed by atoms with Crippen LogP contribution in [0.1, 0.15) is 39.7 Å². The number of rotatable bonds is 8. The van der Waals surface area contributed by atoms with Crippen LogP contribution in [0.15, 0.2) is 42.1 Å². The van der Waals surface area contributed by atoms with Crippen LogP contribution in [-0.4, -0.2) is 31.5 Å². The van der Waals surface area contributed by atoms with E-state index in [1.54, 1.807) is 0 Å². The first-order valence-electron chi connectivity index (χ1n) is 8.87. The van der Waals surface area contributed by atoms with Gasteiger partial charge in [-0.3, -0.25) is 9.36 Å². The van der Waals surface area contributed by atoms with Crippen LogP contribution in [0, 0.1) is 6.92 Å². The number of carbonyl (C=O) groups is 1. The second kappa shape index (κ2) is 8.54. The van der Waals surface area contributed by atoms with Gasteiger partial charge in [0.1, 0.15) is 0 Å². The van der Waals surface area contributed by atoms with E-state index in [1.807, 2.05) is 43.5 Å². The van der Waals surface area contributed by atoms with E-state index in [0.29, 0.717) is 6.54 Å². The fourth-order valence-corrected chi connectivity index (χ4v) is 3.26. The Hall–Kier alpha value is -2.08. The minimum Gasteiger partial charge on any atom is -0.350 e. The Balaban J connectivity index is 2.24. The lowest BCUT2D eigenvalue weighted by atomic mass is 10.0. The van der Waals surface area contributed by atoms with Crippen LogP contribution in [0.5, 0.6) is 0 Å². The van der Waals surface area contributed by atoms with E-state index in [9.17, 15) is 4.79 Å². The van der Waals surface area contributed by atoms with Crippen LogP contribution in [0.4, 0.5) is 0 Å². The third kappa shape index (κ3) is 4.97. The van der Waals surface area contributed by atoms with Crippen molar-refractivity contribution in [3.63, 3.8) is 0 Å². The fraction of sp³-hybridized carbons (Fsp3) is 0.450. The van der Waals surface area contributed by atoms with Gasteiger partial charge in [-0.25, -0.2) is 0 Å². The minimum absolute atomic E-state index is 0.00658. The van der Waals surface area contributed by atoms with Gasteiger partial charge in [0, 0.05) is 17.6 Å². The van der Waals surface area contributed by atoms with Crippen LogP contribution in [0.3, 0.4) is 0 Å². The van der Waals surface area contributed by atoms with E-state index >= 15 is 0 Å². The largest absolute Gasteiger partial charge is 0.350 e. The number of benzene rings is 1. The van der Waals surface area contributed by atoms with Crippen molar-refractivity contribution in [3.8, 4) is 11.4 Å². The zero-order valence-electron chi connectivity index (χ0n) is 16.2. The lowest BCUT2D eigenvalue weighted by molar-refractivity contribution is -0.121. The molecule has 0 aliphatic heterocycles. The molecule has 140 valence electrons. The fourth-order valence-electron chi connectivity index (χ4n) is 2.40. The quantitative estimate of drug-likeness (QED) is 0.557. The van der Waals surface area contributed by atoms with Gasteiger partial charge in [-0.15, -0.1) is 16.8 Å². The van der Waals surface area contributed by atoms with Crippen LogP contribution in [-0.2, 0) is 11.3 Å². The first-order chi connectivity index (χ1) is 12.3. The molecule has 0 radical (unpaired) electrons. The lowest BCUT2D eigenvalue weighted by Crippen LogP contribution is -2.46. The molecule has 5 nitrogen and oxygen atoms in total. The number of nitrogens with one attached hydrogen (secondary N) is 1. The highest BCUT2D eigenvalue weighted by molar-refractivity contribution is 8.00. The summed E-state index contributed by atoms with van der Waals surface area (Å²) < 4.78 is 2.00. The van der Waals surface area contributed by atoms with Crippen molar-refractivity contribution >= 4 is 17.7 Å². The van der Waals surface area contributed by atoms with Gasteiger partial charge in [-0.1, -0.05) is 48.5 Å². The van der Waals surface area contributed by atoms with Gasteiger partial charge in [0.2, 0.25) is 5.91 Å². The summed E-state index contributed by atoms with van der Waals surface area (Å²) in [7, 11) is 0. The van der Waals surface area contributed by atoms with E-state index in [0.717, 1.165) is 23.0 Å². The number of aryl methyl sites for hydroxylation is 1. The molecule has 1 N–H and O–H groups in total. The summed E-state index contributed by atoms with van der Waals surface area (Å²) >= 11 is 1.42. The molecule has 0 spiro atoms. The minimum atomic E-state index is -0.265. The number of nitrogens with zero attached hydrogens (tertiary/aromatic N) is 3. The van der Waals surface area contributed by atoms with Gasteiger partial charge in [0.05, 0.1) is 5.25 Å². The highest BCUT2D eigenvalue weighted by Crippen LogP contribution is 2.27. The molecule has 1 atom stereocenters. The molecule has 2 rings (SSSR count). The van der Waals surface area contributed by atoms with E-state index in [-0.39, 0.29) is 16.7 Å². The molecule has 0 saturated carbocycles. The Labute approximate surface area is 160 Å². The summed E-state index contributed by atoms with van der Waals surface area (Å²) in [5.41, 5.74) is 1.96. The average Bonchev–Trinajstić information content (AvgIpc) is 2.97. The standard InChI is InChI=1S/C20H28N4OS/c1-7-12-24-17(16-11-9-10-14(3)13-16)22-23-19(24)26-15(4)18(25)21-20(5,6)8-2/h7,9-11,13,15H,1,8,12H2,2-6H3,(H,21,25). The van der Waals surface area contributed by atoms with Crippen molar-refractivity contribution in [2.45, 2.75) is 63.5 Å². The summed E-state index contributed by atoms with van der Waals surface area (Å²) in [6, 6.07) is 8.16. The molecule has 0 aliphatic rings. The molecule has 2 aromatic rings. The van der Waals surface area contributed by atoms with Crippen molar-refractivity contribution in [3.05, 3.63) is 42.5 Å². The SMILES string of the molecule is C=CCn1c(SC(C)C(=O)NC(C)(C)CC)nnc1-c1cccc(C)c1. The molecular formula is C20H28N4OS. The molecule has 1 amide bonds. The number of carbonyl (C=O) groups excluding carboxylic acids is 1. The van der Waals surface area contributed by atoms with Crippen LogP contribution in [0.25, 0.3) is 11.4 Å². The van der Waals surface area contributed by atoms with Gasteiger partial charge in [-0.2, -0.15) is 0 Å². The molecule has 1 heterocycles. The van der Waals surface area contributed by atoms with E-state index in [1.165, 1.54) is 17.3 Å². The smallest absolute Gasteiger partial charge is 0.233 e. The van der Waals surface area contributed by atoms with Gasteiger partial charge in [0.25, 0.3) is 0 Å². The van der Waals surface area contributed by atoms with Crippen molar-refractivity contribution < 1.29 is 4.79 Å². The Morgan fingerprint density at radius 1 is 1.42 bits per heavy atom. The topological polar surface area (TPSA) is 59.8 Å². The third-order valence-electron chi connectivity index (χ3n) is 4.30. The first-order valence-corrected chi connectivity index (χ1v) is 9.75. The monoisotopic (exact) mass is 372 g/mol. The normalized spacial score (nSPS) is 12.7. The van der Waals surface area contributed by atoms with E-state index < -0.39 is 0 Å². The van der Waals surface area contributed by atoms with Crippen LogP contribution in [0.2, 0.25) is 0 Å². The number of aromatic nitrogens is 3. The third-order valence-corrected chi connectivity index (χ3v) is 5.38. The van der Waals surface area contributed by atoms with Crippen LogP contribution < -0.4 is 5.32 Å². The molecule has 0 bridgehead atoms. The molecule has 0 saturated heterocycles. The summed E-state index contributed by atoms with van der Waals surface area (Å²) in [6.45, 7) is 14.5. The molecule has 1 aromatic carbocycles. The molecule has 6 heteroatoms.